The molecule has 0 radical (unpaired) electrons. The summed E-state index contributed by atoms with van der Waals surface area (Å²) in [7, 11) is 0. The Morgan fingerprint density at radius 1 is 1.00 bits per heavy atom. The highest BCUT2D eigenvalue weighted by atomic mass is 33.1. The van der Waals surface area contributed by atoms with Crippen molar-refractivity contribution in [3.05, 3.63) is 0 Å². The molecule has 0 aliphatic heterocycles. The summed E-state index contributed by atoms with van der Waals surface area (Å²) in [6.45, 7) is -1.82. The van der Waals surface area contributed by atoms with Gasteiger partial charge in [-0.15, -0.1) is 0 Å². The van der Waals surface area contributed by atoms with Gasteiger partial charge >= 0.3 is 13.5 Å². The minimum Gasteiger partial charge on any atom is -0.325 e. The Hall–Kier alpha value is 0.650. The molecule has 0 saturated carbocycles. The van der Waals surface area contributed by atoms with Crippen LogP contribution in [0.4, 0.5) is 0 Å². The summed E-state index contributed by atoms with van der Waals surface area (Å²) >= 11 is -0.173. The first-order valence-electron chi connectivity index (χ1n) is 4.36. The molecule has 0 fully saturated rings. The fraction of sp³-hybridized carbons (Fsp3) is 1.00. The average molecular weight is 277 g/mol. The summed E-state index contributed by atoms with van der Waals surface area (Å²) in [4.78, 5) is 27.0. The first kappa shape index (κ1) is 15.7. The van der Waals surface area contributed by atoms with E-state index in [1.807, 2.05) is 0 Å². The summed E-state index contributed by atoms with van der Waals surface area (Å²) in [6, 6.07) is -0.528. The van der Waals surface area contributed by atoms with Crippen LogP contribution in [-0.2, 0) is 9.13 Å². The van der Waals surface area contributed by atoms with E-state index in [0.29, 0.717) is 0 Å². The molecule has 0 rings (SSSR count). The van der Waals surface area contributed by atoms with Crippen LogP contribution in [0.3, 0.4) is 0 Å². The van der Waals surface area contributed by atoms with Crippen LogP contribution in [0.5, 0.6) is 0 Å². The first-order chi connectivity index (χ1) is 6.47. The van der Waals surface area contributed by atoms with E-state index in [2.05, 4.69) is 0 Å². The summed E-state index contributed by atoms with van der Waals surface area (Å²) < 4.78 is 23.7. The molecule has 1 unspecified atom stereocenters. The third kappa shape index (κ3) is 5.50. The zero-order chi connectivity index (χ0) is 12.4. The Morgan fingerprint density at radius 3 is 1.53 bits per heavy atom. The highest BCUT2D eigenvalue weighted by molar-refractivity contribution is 8.84. The molecular weight excluding hydrogens is 260 g/mol. The van der Waals surface area contributed by atoms with Crippen molar-refractivity contribution in [2.45, 2.75) is 39.8 Å². The van der Waals surface area contributed by atoms with Gasteiger partial charge in [-0.05, 0) is 27.7 Å². The molecule has 15 heavy (non-hydrogen) atoms. The second-order valence-electron chi connectivity index (χ2n) is 3.63. The second kappa shape index (κ2) is 5.32. The summed E-state index contributed by atoms with van der Waals surface area (Å²) in [5, 5.41) is 0. The first-order valence-corrected chi connectivity index (χ1v) is 9.61. The Bertz CT molecular complexity index is 294. The van der Waals surface area contributed by atoms with Crippen LogP contribution in [0.2, 0.25) is 0 Å². The largest absolute Gasteiger partial charge is 0.394 e. The number of nitrogens with zero attached hydrogens (tertiary/aromatic N) is 1. The van der Waals surface area contributed by atoms with Crippen molar-refractivity contribution in [2.75, 3.05) is 0 Å². The smallest absolute Gasteiger partial charge is 0.325 e. The van der Waals surface area contributed by atoms with Crippen LogP contribution in [0.15, 0.2) is 0 Å². The van der Waals surface area contributed by atoms with E-state index in [9.17, 15) is 14.0 Å². The van der Waals surface area contributed by atoms with Crippen LogP contribution < -0.4 is 0 Å². The van der Waals surface area contributed by atoms with Crippen LogP contribution in [0, 0.1) is 0 Å². The maximum atomic E-state index is 11.8. The number of hydrogen-bond acceptors (Lipinski definition) is 3. The molecule has 9 heteroatoms. The summed E-state index contributed by atoms with van der Waals surface area (Å²) in [5.41, 5.74) is 0. The molecular formula is C6H17NO5P2S. The van der Waals surface area contributed by atoms with E-state index in [-0.39, 0.29) is 23.1 Å². The SMILES string of the molecule is CC(C)N(C(C)C)P(=O)(O)SP(=O)(O)O. The van der Waals surface area contributed by atoms with E-state index in [0.717, 1.165) is 0 Å². The lowest BCUT2D eigenvalue weighted by Crippen LogP contribution is -2.33. The number of rotatable bonds is 5. The van der Waals surface area contributed by atoms with Crippen molar-refractivity contribution < 1.29 is 23.8 Å². The molecule has 0 amide bonds. The minimum atomic E-state index is -4.56. The molecule has 6 nitrogen and oxygen atoms in total. The normalized spacial score (nSPS) is 17.5. The van der Waals surface area contributed by atoms with Gasteiger partial charge in [0.2, 0.25) is 0 Å². The van der Waals surface area contributed by atoms with Crippen molar-refractivity contribution in [1.29, 1.82) is 0 Å². The molecule has 0 heterocycles. The molecule has 3 N–H and O–H groups in total. The molecule has 0 aromatic carbocycles. The highest BCUT2D eigenvalue weighted by Gasteiger charge is 2.39. The van der Waals surface area contributed by atoms with Gasteiger partial charge in [0.1, 0.15) is 0 Å². The van der Waals surface area contributed by atoms with Gasteiger partial charge in [0.15, 0.2) is 0 Å². The molecule has 0 bridgehead atoms. The van der Waals surface area contributed by atoms with E-state index in [1.165, 1.54) is 4.67 Å². The van der Waals surface area contributed by atoms with Gasteiger partial charge in [-0.25, -0.2) is 9.24 Å². The van der Waals surface area contributed by atoms with Crippen LogP contribution >= 0.6 is 24.5 Å². The fourth-order valence-electron chi connectivity index (χ4n) is 1.36. The summed E-state index contributed by atoms with van der Waals surface area (Å²) in [5.74, 6) is 0. The van der Waals surface area contributed by atoms with Crippen LogP contribution in [0.25, 0.3) is 0 Å². The van der Waals surface area contributed by atoms with Crippen molar-refractivity contribution in [2.24, 2.45) is 0 Å². The van der Waals surface area contributed by atoms with Gasteiger partial charge < -0.3 is 14.7 Å². The Labute approximate surface area is 93.2 Å². The van der Waals surface area contributed by atoms with Crippen molar-refractivity contribution in [1.82, 2.24) is 4.67 Å². The molecule has 0 saturated heterocycles. The molecule has 0 aliphatic carbocycles. The van der Waals surface area contributed by atoms with E-state index < -0.39 is 13.5 Å². The van der Waals surface area contributed by atoms with Gasteiger partial charge in [0, 0.05) is 12.1 Å². The van der Waals surface area contributed by atoms with Gasteiger partial charge in [-0.2, -0.15) is 0 Å². The topological polar surface area (TPSA) is 98.1 Å². The Kier molecular flexibility index (Phi) is 5.55. The van der Waals surface area contributed by atoms with Crippen molar-refractivity contribution in [3.8, 4) is 0 Å². The summed E-state index contributed by atoms with van der Waals surface area (Å²) in [6.07, 6.45) is 0. The lowest BCUT2D eigenvalue weighted by atomic mass is 10.3. The highest BCUT2D eigenvalue weighted by Crippen LogP contribution is 2.74. The average Bonchev–Trinajstić information content (AvgIpc) is 1.74. The number of hydrogen-bond donors (Lipinski definition) is 3. The van der Waals surface area contributed by atoms with Crippen LogP contribution in [-0.4, -0.2) is 31.4 Å². The quantitative estimate of drug-likeness (QED) is 0.661. The van der Waals surface area contributed by atoms with Crippen molar-refractivity contribution in [3.63, 3.8) is 0 Å². The molecule has 0 aromatic heterocycles. The maximum Gasteiger partial charge on any atom is 0.394 e. The van der Waals surface area contributed by atoms with Crippen molar-refractivity contribution >= 4 is 24.5 Å². The monoisotopic (exact) mass is 277 g/mol. The standard InChI is InChI=1S/C6H17NO5P2S/c1-5(2)7(6(3)4)13(8,9)15-14(10,11)12/h5-6H,1-4H3,(H,8,9)(H2,10,11,12). The maximum absolute atomic E-state index is 11.8. The molecule has 92 valence electrons. The molecule has 0 aliphatic rings. The van der Waals surface area contributed by atoms with Gasteiger partial charge in [-0.1, -0.05) is 0 Å². The lowest BCUT2D eigenvalue weighted by Gasteiger charge is -2.33. The van der Waals surface area contributed by atoms with E-state index in [4.69, 9.17) is 9.79 Å². The third-order valence-corrected chi connectivity index (χ3v) is 9.17. The zero-order valence-electron chi connectivity index (χ0n) is 9.06. The predicted molar refractivity (Wildman–Crippen MR) is 61.6 cm³/mol. The van der Waals surface area contributed by atoms with Gasteiger partial charge in [0.25, 0.3) is 0 Å². The molecule has 0 spiro atoms. The lowest BCUT2D eigenvalue weighted by molar-refractivity contribution is 0.274. The fourth-order valence-corrected chi connectivity index (χ4v) is 8.36. The molecule has 0 aromatic rings. The van der Waals surface area contributed by atoms with E-state index in [1.54, 1.807) is 27.7 Å². The minimum absolute atomic E-state index is 0.173. The second-order valence-corrected chi connectivity index (χ2v) is 11.0. The Morgan fingerprint density at radius 2 is 1.33 bits per heavy atom. The van der Waals surface area contributed by atoms with Gasteiger partial charge in [0.05, 0.1) is 11.0 Å². The zero-order valence-corrected chi connectivity index (χ0v) is 11.7. The van der Waals surface area contributed by atoms with E-state index >= 15 is 0 Å². The molecule has 1 atom stereocenters. The Balaban J connectivity index is 4.97. The van der Waals surface area contributed by atoms with Crippen LogP contribution in [0.1, 0.15) is 27.7 Å². The predicted octanol–water partition coefficient (Wildman–Crippen LogP) is 2.03. The third-order valence-electron chi connectivity index (χ3n) is 1.56. The van der Waals surface area contributed by atoms with Gasteiger partial charge in [-0.3, -0.25) is 4.57 Å².